The van der Waals surface area contributed by atoms with Gasteiger partial charge in [0.2, 0.25) is 0 Å². The van der Waals surface area contributed by atoms with Crippen molar-refractivity contribution in [2.75, 3.05) is 5.32 Å². The van der Waals surface area contributed by atoms with Crippen molar-refractivity contribution in [1.29, 1.82) is 0 Å². The number of aromatic nitrogens is 2. The predicted octanol–water partition coefficient (Wildman–Crippen LogP) is -1.13. The molecule has 1 aromatic heterocycles. The molecule has 4 N–H and O–H groups in total. The quantitative estimate of drug-likeness (QED) is 0.452. The normalized spacial score (nSPS) is 20.8. The number of anilines is 1. The van der Waals surface area contributed by atoms with Gasteiger partial charge in [-0.05, 0) is 0 Å². The third-order valence-corrected chi connectivity index (χ3v) is 1.49. The second-order valence-corrected chi connectivity index (χ2v) is 2.35. The van der Waals surface area contributed by atoms with E-state index in [-0.39, 0.29) is 11.6 Å². The molecule has 0 spiro atoms. The summed E-state index contributed by atoms with van der Waals surface area (Å²) < 4.78 is 0. The summed E-state index contributed by atoms with van der Waals surface area (Å²) in [4.78, 5) is 18.9. The molecule has 0 saturated heterocycles. The Kier molecular flexibility index (Phi) is 1.41. The summed E-state index contributed by atoms with van der Waals surface area (Å²) in [6, 6.07) is 0. The average molecular weight is 165 g/mol. The maximum absolute atomic E-state index is 11.2. The molecule has 1 atom stereocenters. The molecule has 0 radical (unpaired) electrons. The number of amides is 1. The highest BCUT2D eigenvalue weighted by Crippen LogP contribution is 2.11. The van der Waals surface area contributed by atoms with Gasteiger partial charge in [0.05, 0.1) is 0 Å². The van der Waals surface area contributed by atoms with Gasteiger partial charge in [0, 0.05) is 12.4 Å². The molecule has 2 heterocycles. The molecular formula is C6H7N5O. The molecule has 0 saturated carbocycles. The van der Waals surface area contributed by atoms with Gasteiger partial charge < -0.3 is 10.6 Å². The van der Waals surface area contributed by atoms with Crippen LogP contribution in [0.15, 0.2) is 12.4 Å². The SMILES string of the molecule is NC1NC(=O)c2nccnc2N1. The number of hydrogen-bond donors (Lipinski definition) is 3. The standard InChI is InChI=1S/C6H7N5O/c7-6-10-4-3(5(12)11-6)8-1-2-9-4/h1-2,6H,7H2,(H,9,10)(H,11,12). The van der Waals surface area contributed by atoms with Crippen molar-refractivity contribution in [3.8, 4) is 0 Å². The number of nitrogens with one attached hydrogen (secondary N) is 2. The number of rotatable bonds is 0. The maximum Gasteiger partial charge on any atom is 0.276 e. The first-order valence-corrected chi connectivity index (χ1v) is 3.41. The molecule has 1 aliphatic heterocycles. The number of carbonyl (C=O) groups is 1. The molecule has 0 fully saturated rings. The summed E-state index contributed by atoms with van der Waals surface area (Å²) in [5.74, 6) is 0.123. The summed E-state index contributed by atoms with van der Waals surface area (Å²) in [5.41, 5.74) is 5.71. The number of hydrogen-bond acceptors (Lipinski definition) is 5. The van der Waals surface area contributed by atoms with Gasteiger partial charge in [-0.25, -0.2) is 9.97 Å². The summed E-state index contributed by atoms with van der Waals surface area (Å²) in [6.45, 7) is 0. The van der Waals surface area contributed by atoms with Gasteiger partial charge in [0.1, 0.15) is 0 Å². The minimum atomic E-state index is -0.582. The fraction of sp³-hybridized carbons (Fsp3) is 0.167. The van der Waals surface area contributed by atoms with Crippen LogP contribution in [0.2, 0.25) is 0 Å². The topological polar surface area (TPSA) is 92.9 Å². The number of carbonyl (C=O) groups excluding carboxylic acids is 1. The lowest BCUT2D eigenvalue weighted by atomic mass is 10.3. The van der Waals surface area contributed by atoms with E-state index >= 15 is 0 Å². The van der Waals surface area contributed by atoms with Crippen LogP contribution in [0.4, 0.5) is 5.82 Å². The Bertz CT molecular complexity index is 325. The fourth-order valence-electron chi connectivity index (χ4n) is 1.00. The lowest BCUT2D eigenvalue weighted by Gasteiger charge is -2.22. The molecule has 1 amide bonds. The highest BCUT2D eigenvalue weighted by Gasteiger charge is 2.22. The lowest BCUT2D eigenvalue weighted by Crippen LogP contribution is -2.51. The zero-order chi connectivity index (χ0) is 8.55. The molecule has 2 rings (SSSR count). The molecule has 6 heteroatoms. The Morgan fingerprint density at radius 1 is 1.33 bits per heavy atom. The van der Waals surface area contributed by atoms with Crippen molar-refractivity contribution in [2.24, 2.45) is 5.73 Å². The van der Waals surface area contributed by atoms with Crippen LogP contribution in [0.5, 0.6) is 0 Å². The van der Waals surface area contributed by atoms with E-state index in [4.69, 9.17) is 5.73 Å². The fourth-order valence-corrected chi connectivity index (χ4v) is 1.00. The molecule has 6 nitrogen and oxygen atoms in total. The van der Waals surface area contributed by atoms with Crippen LogP contribution >= 0.6 is 0 Å². The molecule has 0 bridgehead atoms. The summed E-state index contributed by atoms with van der Waals surface area (Å²) >= 11 is 0. The van der Waals surface area contributed by atoms with Crippen molar-refractivity contribution in [3.63, 3.8) is 0 Å². The van der Waals surface area contributed by atoms with Gasteiger partial charge in [-0.2, -0.15) is 0 Å². The Labute approximate surface area is 68.2 Å². The van der Waals surface area contributed by atoms with Gasteiger partial charge >= 0.3 is 0 Å². The van der Waals surface area contributed by atoms with E-state index < -0.39 is 6.29 Å². The first kappa shape index (κ1) is 6.99. The molecule has 12 heavy (non-hydrogen) atoms. The van der Waals surface area contributed by atoms with E-state index in [0.29, 0.717) is 5.82 Å². The molecule has 0 aliphatic carbocycles. The van der Waals surface area contributed by atoms with Crippen molar-refractivity contribution in [2.45, 2.75) is 6.29 Å². The maximum atomic E-state index is 11.2. The highest BCUT2D eigenvalue weighted by molar-refractivity contribution is 5.98. The van der Waals surface area contributed by atoms with E-state index in [9.17, 15) is 4.79 Å². The lowest BCUT2D eigenvalue weighted by molar-refractivity contribution is 0.0931. The van der Waals surface area contributed by atoms with Gasteiger partial charge in [-0.15, -0.1) is 0 Å². The Morgan fingerprint density at radius 2 is 2.08 bits per heavy atom. The van der Waals surface area contributed by atoms with Gasteiger partial charge in [-0.1, -0.05) is 0 Å². The Morgan fingerprint density at radius 3 is 2.92 bits per heavy atom. The van der Waals surface area contributed by atoms with Crippen molar-refractivity contribution < 1.29 is 4.79 Å². The monoisotopic (exact) mass is 165 g/mol. The number of nitrogens with zero attached hydrogens (tertiary/aromatic N) is 2. The summed E-state index contributed by atoms with van der Waals surface area (Å²) in [7, 11) is 0. The third kappa shape index (κ3) is 0.978. The van der Waals surface area contributed by atoms with E-state index in [1.807, 2.05) is 0 Å². The zero-order valence-corrected chi connectivity index (χ0v) is 6.11. The van der Waals surface area contributed by atoms with Crippen LogP contribution in [0.25, 0.3) is 0 Å². The minimum Gasteiger partial charge on any atom is -0.336 e. The smallest absolute Gasteiger partial charge is 0.276 e. The second-order valence-electron chi connectivity index (χ2n) is 2.35. The van der Waals surface area contributed by atoms with Crippen LogP contribution in [0.3, 0.4) is 0 Å². The van der Waals surface area contributed by atoms with Crippen molar-refractivity contribution in [1.82, 2.24) is 15.3 Å². The van der Waals surface area contributed by atoms with Gasteiger partial charge in [0.25, 0.3) is 5.91 Å². The average Bonchev–Trinajstić information content (AvgIpc) is 2.04. The van der Waals surface area contributed by atoms with E-state index in [2.05, 4.69) is 20.6 Å². The summed E-state index contributed by atoms with van der Waals surface area (Å²) in [6.07, 6.45) is 2.37. The highest BCUT2D eigenvalue weighted by atomic mass is 16.2. The molecule has 0 aromatic carbocycles. The van der Waals surface area contributed by atoms with Crippen LogP contribution in [0, 0.1) is 0 Å². The van der Waals surface area contributed by atoms with Gasteiger partial charge in [0.15, 0.2) is 17.8 Å². The molecule has 1 aromatic rings. The predicted molar refractivity (Wildman–Crippen MR) is 41.1 cm³/mol. The molecule has 62 valence electrons. The molecule has 1 aliphatic rings. The van der Waals surface area contributed by atoms with E-state index in [1.165, 1.54) is 12.4 Å². The van der Waals surface area contributed by atoms with Crippen LogP contribution < -0.4 is 16.4 Å². The summed E-state index contributed by atoms with van der Waals surface area (Å²) in [5, 5.41) is 5.22. The van der Waals surface area contributed by atoms with Crippen molar-refractivity contribution in [3.05, 3.63) is 18.1 Å². The zero-order valence-electron chi connectivity index (χ0n) is 6.11. The second kappa shape index (κ2) is 2.42. The third-order valence-electron chi connectivity index (χ3n) is 1.49. The van der Waals surface area contributed by atoms with Crippen LogP contribution in [0.1, 0.15) is 10.5 Å². The number of fused-ring (bicyclic) bond motifs is 1. The number of nitrogens with two attached hydrogens (primary N) is 1. The Balaban J connectivity index is 2.47. The first-order chi connectivity index (χ1) is 5.77. The first-order valence-electron chi connectivity index (χ1n) is 3.41. The van der Waals surface area contributed by atoms with Gasteiger partial charge in [-0.3, -0.25) is 10.5 Å². The molecular weight excluding hydrogens is 158 g/mol. The van der Waals surface area contributed by atoms with Crippen molar-refractivity contribution >= 4 is 11.7 Å². The Hall–Kier alpha value is -1.69. The molecule has 1 unspecified atom stereocenters. The van der Waals surface area contributed by atoms with Crippen LogP contribution in [-0.4, -0.2) is 22.2 Å². The van der Waals surface area contributed by atoms with E-state index in [1.54, 1.807) is 0 Å². The minimum absolute atomic E-state index is 0.277. The van der Waals surface area contributed by atoms with Crippen LogP contribution in [-0.2, 0) is 0 Å². The van der Waals surface area contributed by atoms with E-state index in [0.717, 1.165) is 0 Å². The largest absolute Gasteiger partial charge is 0.336 e.